The van der Waals surface area contributed by atoms with Crippen LogP contribution in [0, 0.1) is 6.92 Å². The molecule has 0 saturated heterocycles. The van der Waals surface area contributed by atoms with Crippen LogP contribution in [0.25, 0.3) is 0 Å². The van der Waals surface area contributed by atoms with E-state index in [-0.39, 0.29) is 11.9 Å². The number of rotatable bonds is 4. The number of aryl methyl sites for hydroxylation is 1. The molecule has 0 aliphatic carbocycles. The van der Waals surface area contributed by atoms with E-state index in [0.717, 1.165) is 22.7 Å². The van der Waals surface area contributed by atoms with Crippen molar-refractivity contribution < 1.29 is 4.79 Å². The Hall–Kier alpha value is -1.79. The lowest BCUT2D eigenvalue weighted by atomic mass is 10.1. The first-order valence-electron chi connectivity index (χ1n) is 7.42. The Morgan fingerprint density at radius 1 is 1.45 bits per heavy atom. The Bertz CT molecular complexity index is 684. The molecule has 1 amide bonds. The fraction of sp³-hybridized carbons (Fsp3) is 0.438. The fourth-order valence-electron chi connectivity index (χ4n) is 2.95. The molecule has 0 bridgehead atoms. The van der Waals surface area contributed by atoms with Gasteiger partial charge in [0.1, 0.15) is 0 Å². The summed E-state index contributed by atoms with van der Waals surface area (Å²) >= 11 is 1.40. The molecule has 0 radical (unpaired) electrons. The first-order valence-corrected chi connectivity index (χ1v) is 8.20. The zero-order valence-corrected chi connectivity index (χ0v) is 13.9. The van der Waals surface area contributed by atoms with Crippen molar-refractivity contribution in [3.63, 3.8) is 0 Å². The molecule has 1 aliphatic rings. The monoisotopic (exact) mass is 316 g/mol. The highest BCUT2D eigenvalue weighted by Gasteiger charge is 2.30. The standard InChI is InChI=1S/C16H20N4OS/c1-11-8-13-6-4-5-7-14(13)20(11)16(21)10-19(3)9-15-12(2)17-18-22-15/h4-7,11H,8-10H2,1-3H3/t11-/m0/s1. The molecule has 0 N–H and O–H groups in total. The molecule has 22 heavy (non-hydrogen) atoms. The van der Waals surface area contributed by atoms with Gasteiger partial charge in [0.25, 0.3) is 0 Å². The van der Waals surface area contributed by atoms with E-state index in [0.29, 0.717) is 13.1 Å². The molecule has 0 fully saturated rings. The average molecular weight is 316 g/mol. The SMILES string of the molecule is Cc1nnsc1CN(C)CC(=O)N1c2ccccc2C[C@@H]1C. The van der Waals surface area contributed by atoms with Crippen LogP contribution in [0.2, 0.25) is 0 Å². The zero-order valence-electron chi connectivity index (χ0n) is 13.1. The van der Waals surface area contributed by atoms with Crippen molar-refractivity contribution in [1.82, 2.24) is 14.5 Å². The van der Waals surface area contributed by atoms with Crippen molar-refractivity contribution >= 4 is 23.1 Å². The predicted molar refractivity (Wildman–Crippen MR) is 88.1 cm³/mol. The van der Waals surface area contributed by atoms with Gasteiger partial charge in [0.05, 0.1) is 17.1 Å². The van der Waals surface area contributed by atoms with Crippen molar-refractivity contribution in [3.8, 4) is 0 Å². The molecular formula is C16H20N4OS. The quantitative estimate of drug-likeness (QED) is 0.868. The molecule has 1 aromatic heterocycles. The third kappa shape index (κ3) is 2.89. The number of likely N-dealkylation sites (N-methyl/N-ethyl adjacent to an activating group) is 1. The van der Waals surface area contributed by atoms with Gasteiger partial charge >= 0.3 is 0 Å². The van der Waals surface area contributed by atoms with Gasteiger partial charge in [-0.2, -0.15) is 0 Å². The lowest BCUT2D eigenvalue weighted by Gasteiger charge is -2.25. The van der Waals surface area contributed by atoms with E-state index < -0.39 is 0 Å². The van der Waals surface area contributed by atoms with Crippen LogP contribution in [-0.2, 0) is 17.8 Å². The summed E-state index contributed by atoms with van der Waals surface area (Å²) in [4.78, 5) is 17.8. The molecule has 2 aromatic rings. The molecular weight excluding hydrogens is 296 g/mol. The molecule has 6 heteroatoms. The van der Waals surface area contributed by atoms with Gasteiger partial charge in [0.2, 0.25) is 5.91 Å². The van der Waals surface area contributed by atoms with E-state index >= 15 is 0 Å². The molecule has 0 saturated carbocycles. The summed E-state index contributed by atoms with van der Waals surface area (Å²) in [6.45, 7) is 5.16. The molecule has 1 aliphatic heterocycles. The van der Waals surface area contributed by atoms with Crippen LogP contribution in [0.15, 0.2) is 24.3 Å². The maximum Gasteiger partial charge on any atom is 0.241 e. The topological polar surface area (TPSA) is 49.3 Å². The van der Waals surface area contributed by atoms with Gasteiger partial charge in [-0.25, -0.2) is 0 Å². The van der Waals surface area contributed by atoms with E-state index in [1.807, 2.05) is 42.0 Å². The summed E-state index contributed by atoms with van der Waals surface area (Å²) in [7, 11) is 1.96. The predicted octanol–water partition coefficient (Wildman–Crippen LogP) is 2.26. The minimum absolute atomic E-state index is 0.148. The average Bonchev–Trinajstić information content (AvgIpc) is 3.01. The number of aromatic nitrogens is 2. The summed E-state index contributed by atoms with van der Waals surface area (Å²) in [5.74, 6) is 0.148. The van der Waals surface area contributed by atoms with Crippen LogP contribution in [0.3, 0.4) is 0 Å². The fourth-order valence-corrected chi connectivity index (χ4v) is 3.66. The smallest absolute Gasteiger partial charge is 0.241 e. The number of para-hydroxylation sites is 1. The van der Waals surface area contributed by atoms with Crippen LogP contribution < -0.4 is 4.90 Å². The Kier molecular flexibility index (Phi) is 4.22. The van der Waals surface area contributed by atoms with Crippen LogP contribution in [0.1, 0.15) is 23.1 Å². The lowest BCUT2D eigenvalue weighted by molar-refractivity contribution is -0.119. The number of nitrogens with zero attached hydrogens (tertiary/aromatic N) is 4. The lowest BCUT2D eigenvalue weighted by Crippen LogP contribution is -2.41. The summed E-state index contributed by atoms with van der Waals surface area (Å²) in [5.41, 5.74) is 3.27. The summed E-state index contributed by atoms with van der Waals surface area (Å²) in [5, 5.41) is 4.01. The Labute approximate surface area is 134 Å². The van der Waals surface area contributed by atoms with Gasteiger partial charge in [-0.3, -0.25) is 9.69 Å². The minimum atomic E-state index is 0.148. The van der Waals surface area contributed by atoms with E-state index in [1.165, 1.54) is 17.1 Å². The Morgan fingerprint density at radius 3 is 2.95 bits per heavy atom. The van der Waals surface area contributed by atoms with Gasteiger partial charge in [-0.15, -0.1) is 5.10 Å². The maximum atomic E-state index is 12.7. The molecule has 1 aromatic carbocycles. The van der Waals surface area contributed by atoms with Crippen molar-refractivity contribution in [2.75, 3.05) is 18.5 Å². The highest BCUT2D eigenvalue weighted by molar-refractivity contribution is 7.05. The molecule has 2 heterocycles. The van der Waals surface area contributed by atoms with Gasteiger partial charge < -0.3 is 4.90 Å². The van der Waals surface area contributed by atoms with Gasteiger partial charge in [-0.1, -0.05) is 22.7 Å². The number of benzene rings is 1. The van der Waals surface area contributed by atoms with E-state index in [9.17, 15) is 4.79 Å². The van der Waals surface area contributed by atoms with Crippen LogP contribution in [0.5, 0.6) is 0 Å². The number of hydrogen-bond acceptors (Lipinski definition) is 5. The number of anilines is 1. The van der Waals surface area contributed by atoms with Gasteiger partial charge in [-0.05, 0) is 50.5 Å². The zero-order chi connectivity index (χ0) is 15.7. The molecule has 0 spiro atoms. The third-order valence-electron chi connectivity index (χ3n) is 4.04. The second-order valence-corrected chi connectivity index (χ2v) is 6.74. The number of carbonyl (C=O) groups is 1. The molecule has 5 nitrogen and oxygen atoms in total. The second-order valence-electron chi connectivity index (χ2n) is 5.90. The van der Waals surface area contributed by atoms with Crippen molar-refractivity contribution in [2.24, 2.45) is 0 Å². The summed E-state index contributed by atoms with van der Waals surface area (Å²) in [6, 6.07) is 8.40. The third-order valence-corrected chi connectivity index (χ3v) is 4.85. The first-order chi connectivity index (χ1) is 10.6. The van der Waals surface area contributed by atoms with Gasteiger partial charge in [0, 0.05) is 18.3 Å². The van der Waals surface area contributed by atoms with Crippen LogP contribution in [0.4, 0.5) is 5.69 Å². The van der Waals surface area contributed by atoms with E-state index in [2.05, 4.69) is 22.6 Å². The first kappa shape index (κ1) is 15.1. The molecule has 1 atom stereocenters. The summed E-state index contributed by atoms with van der Waals surface area (Å²) < 4.78 is 3.94. The second kappa shape index (κ2) is 6.14. The van der Waals surface area contributed by atoms with Crippen LogP contribution >= 0.6 is 11.5 Å². The minimum Gasteiger partial charge on any atom is -0.308 e. The largest absolute Gasteiger partial charge is 0.308 e. The van der Waals surface area contributed by atoms with Crippen LogP contribution in [-0.4, -0.2) is 40.0 Å². The van der Waals surface area contributed by atoms with Gasteiger partial charge in [0.15, 0.2) is 0 Å². The highest BCUT2D eigenvalue weighted by atomic mass is 32.1. The molecule has 3 rings (SSSR count). The van der Waals surface area contributed by atoms with E-state index in [4.69, 9.17) is 0 Å². The normalized spacial score (nSPS) is 17.1. The highest BCUT2D eigenvalue weighted by Crippen LogP contribution is 2.31. The van der Waals surface area contributed by atoms with Crippen molar-refractivity contribution in [2.45, 2.75) is 32.9 Å². The van der Waals surface area contributed by atoms with E-state index in [1.54, 1.807) is 0 Å². The van der Waals surface area contributed by atoms with Crippen molar-refractivity contribution in [3.05, 3.63) is 40.4 Å². The number of amides is 1. The number of hydrogen-bond donors (Lipinski definition) is 0. The molecule has 116 valence electrons. The summed E-state index contributed by atoms with van der Waals surface area (Å²) in [6.07, 6.45) is 0.934. The maximum absolute atomic E-state index is 12.7. The Morgan fingerprint density at radius 2 is 2.23 bits per heavy atom. The number of carbonyl (C=O) groups excluding carboxylic acids is 1. The molecule has 0 unspecified atom stereocenters. The Balaban J connectivity index is 1.68. The number of fused-ring (bicyclic) bond motifs is 1. The van der Waals surface area contributed by atoms with Crippen molar-refractivity contribution in [1.29, 1.82) is 0 Å².